The molecule has 2 saturated heterocycles. The summed E-state index contributed by atoms with van der Waals surface area (Å²) in [7, 11) is 0. The summed E-state index contributed by atoms with van der Waals surface area (Å²) in [5, 5.41) is 10.7. The molecule has 1 aromatic carbocycles. The zero-order valence-corrected chi connectivity index (χ0v) is 17.9. The minimum Gasteiger partial charge on any atom is -0.394 e. The lowest BCUT2D eigenvalue weighted by Gasteiger charge is -2.56. The Labute approximate surface area is 172 Å². The highest BCUT2D eigenvalue weighted by molar-refractivity contribution is 6.30. The van der Waals surface area contributed by atoms with Gasteiger partial charge in [-0.3, -0.25) is 14.5 Å². The van der Waals surface area contributed by atoms with E-state index in [-0.39, 0.29) is 24.5 Å². The highest BCUT2D eigenvalue weighted by atomic mass is 35.5. The first-order chi connectivity index (χ1) is 13.0. The van der Waals surface area contributed by atoms with Crippen molar-refractivity contribution in [3.05, 3.63) is 34.9 Å². The van der Waals surface area contributed by atoms with Crippen molar-refractivity contribution in [2.24, 2.45) is 5.41 Å². The Balaban J connectivity index is 1.82. The number of carbonyl (C=O) groups is 2. The Morgan fingerprint density at radius 3 is 2.32 bits per heavy atom. The standard InChI is InChI=1S/C21H30ClN3O3/c1-20(2,3)19(28)23-9-10-25-17(11-23)12-24(13-21(25,4)14-26)18(27)15-5-7-16(22)8-6-15/h5-8,17,26H,9-14H2,1-4H3. The van der Waals surface area contributed by atoms with Crippen LogP contribution in [0.25, 0.3) is 0 Å². The molecular formula is C21H30ClN3O3. The van der Waals surface area contributed by atoms with Crippen molar-refractivity contribution in [2.75, 3.05) is 39.3 Å². The Bertz CT molecular complexity index is 746. The number of aliphatic hydroxyl groups is 1. The molecule has 2 aliphatic heterocycles. The average molecular weight is 408 g/mol. The van der Waals surface area contributed by atoms with E-state index in [4.69, 9.17) is 11.6 Å². The molecular weight excluding hydrogens is 378 g/mol. The van der Waals surface area contributed by atoms with Crippen LogP contribution in [0.2, 0.25) is 5.02 Å². The normalized spacial score (nSPS) is 26.1. The van der Waals surface area contributed by atoms with Crippen LogP contribution in [0.4, 0.5) is 0 Å². The SMILES string of the molecule is CC(C)(C)C(=O)N1CCN2C(CN(C(=O)c3ccc(Cl)cc3)CC2(C)CO)C1. The van der Waals surface area contributed by atoms with Crippen LogP contribution in [-0.4, -0.2) is 82.5 Å². The van der Waals surface area contributed by atoms with Gasteiger partial charge in [-0.1, -0.05) is 32.4 Å². The fraction of sp³-hybridized carbons (Fsp3) is 0.619. The number of halogens is 1. The third-order valence-electron chi connectivity index (χ3n) is 5.79. The molecule has 1 aromatic rings. The van der Waals surface area contributed by atoms with Crippen LogP contribution in [0, 0.1) is 5.41 Å². The van der Waals surface area contributed by atoms with E-state index >= 15 is 0 Å². The molecule has 2 fully saturated rings. The third-order valence-corrected chi connectivity index (χ3v) is 6.04. The number of rotatable bonds is 2. The van der Waals surface area contributed by atoms with Gasteiger partial charge in [0.25, 0.3) is 5.91 Å². The molecule has 0 radical (unpaired) electrons. The van der Waals surface area contributed by atoms with Gasteiger partial charge in [-0.15, -0.1) is 0 Å². The van der Waals surface area contributed by atoms with E-state index in [0.717, 1.165) is 0 Å². The number of fused-ring (bicyclic) bond motifs is 1. The van der Waals surface area contributed by atoms with E-state index in [1.807, 2.05) is 32.6 Å². The van der Waals surface area contributed by atoms with Gasteiger partial charge in [-0.05, 0) is 31.2 Å². The van der Waals surface area contributed by atoms with Crippen LogP contribution in [0.5, 0.6) is 0 Å². The van der Waals surface area contributed by atoms with Gasteiger partial charge in [0.1, 0.15) is 0 Å². The van der Waals surface area contributed by atoms with Crippen molar-refractivity contribution >= 4 is 23.4 Å². The Morgan fingerprint density at radius 1 is 1.14 bits per heavy atom. The monoisotopic (exact) mass is 407 g/mol. The van der Waals surface area contributed by atoms with Gasteiger partial charge in [0.15, 0.2) is 0 Å². The lowest BCUT2D eigenvalue weighted by molar-refractivity contribution is -0.147. The van der Waals surface area contributed by atoms with Crippen LogP contribution < -0.4 is 0 Å². The van der Waals surface area contributed by atoms with Gasteiger partial charge < -0.3 is 14.9 Å². The highest BCUT2D eigenvalue weighted by Gasteiger charge is 2.47. The fourth-order valence-electron chi connectivity index (χ4n) is 4.27. The van der Waals surface area contributed by atoms with Gasteiger partial charge in [0, 0.05) is 54.8 Å². The van der Waals surface area contributed by atoms with Crippen molar-refractivity contribution in [1.82, 2.24) is 14.7 Å². The predicted molar refractivity (Wildman–Crippen MR) is 109 cm³/mol. The molecule has 0 bridgehead atoms. The number of carbonyl (C=O) groups excluding carboxylic acids is 2. The van der Waals surface area contributed by atoms with Gasteiger partial charge >= 0.3 is 0 Å². The molecule has 2 amide bonds. The number of hydrogen-bond acceptors (Lipinski definition) is 4. The maximum atomic E-state index is 13.1. The minimum absolute atomic E-state index is 0.00204. The fourth-order valence-corrected chi connectivity index (χ4v) is 4.40. The van der Waals surface area contributed by atoms with Gasteiger partial charge in [-0.25, -0.2) is 0 Å². The summed E-state index contributed by atoms with van der Waals surface area (Å²) in [4.78, 5) is 31.8. The maximum Gasteiger partial charge on any atom is 0.253 e. The molecule has 2 aliphatic rings. The molecule has 0 spiro atoms. The lowest BCUT2D eigenvalue weighted by Crippen LogP contribution is -2.73. The van der Waals surface area contributed by atoms with Crippen molar-refractivity contribution in [3.63, 3.8) is 0 Å². The Morgan fingerprint density at radius 2 is 1.75 bits per heavy atom. The molecule has 2 atom stereocenters. The molecule has 0 saturated carbocycles. The number of piperazine rings is 2. The van der Waals surface area contributed by atoms with Crippen molar-refractivity contribution in [2.45, 2.75) is 39.3 Å². The number of hydrogen-bond donors (Lipinski definition) is 1. The largest absolute Gasteiger partial charge is 0.394 e. The second kappa shape index (κ2) is 7.65. The molecule has 2 heterocycles. The van der Waals surface area contributed by atoms with Crippen molar-refractivity contribution < 1.29 is 14.7 Å². The molecule has 2 unspecified atom stereocenters. The van der Waals surface area contributed by atoms with Gasteiger partial charge in [-0.2, -0.15) is 0 Å². The van der Waals surface area contributed by atoms with E-state index in [1.165, 1.54) is 0 Å². The summed E-state index contributed by atoms with van der Waals surface area (Å²) in [6.45, 7) is 10.6. The molecule has 6 nitrogen and oxygen atoms in total. The van der Waals surface area contributed by atoms with E-state index < -0.39 is 11.0 Å². The summed E-state index contributed by atoms with van der Waals surface area (Å²) in [6, 6.07) is 6.87. The summed E-state index contributed by atoms with van der Waals surface area (Å²) in [5.41, 5.74) is -0.380. The van der Waals surface area contributed by atoms with Crippen LogP contribution in [0.1, 0.15) is 38.1 Å². The van der Waals surface area contributed by atoms with Gasteiger partial charge in [0.2, 0.25) is 5.91 Å². The highest BCUT2D eigenvalue weighted by Crippen LogP contribution is 2.30. The zero-order valence-electron chi connectivity index (χ0n) is 17.1. The van der Waals surface area contributed by atoms with Crippen LogP contribution in [0.15, 0.2) is 24.3 Å². The number of amides is 2. The van der Waals surface area contributed by atoms with E-state index in [0.29, 0.717) is 43.3 Å². The molecule has 0 aromatic heterocycles. The first-order valence-corrected chi connectivity index (χ1v) is 10.1. The minimum atomic E-state index is -0.526. The predicted octanol–water partition coefficient (Wildman–Crippen LogP) is 2.11. The number of nitrogens with zero attached hydrogens (tertiary/aromatic N) is 3. The Hall–Kier alpha value is -1.63. The first-order valence-electron chi connectivity index (χ1n) is 9.77. The van der Waals surface area contributed by atoms with Crippen LogP contribution in [0.3, 0.4) is 0 Å². The lowest BCUT2D eigenvalue weighted by atomic mass is 9.89. The zero-order chi connectivity index (χ0) is 20.7. The number of aliphatic hydroxyl groups excluding tert-OH is 1. The molecule has 0 aliphatic carbocycles. The first kappa shape index (κ1) is 21.1. The Kier molecular flexibility index (Phi) is 5.76. The smallest absolute Gasteiger partial charge is 0.253 e. The summed E-state index contributed by atoms with van der Waals surface area (Å²) in [5.74, 6) is 0.0502. The molecule has 3 rings (SSSR count). The summed E-state index contributed by atoms with van der Waals surface area (Å²) >= 11 is 5.94. The third kappa shape index (κ3) is 4.04. The van der Waals surface area contributed by atoms with E-state index in [1.54, 1.807) is 29.2 Å². The van der Waals surface area contributed by atoms with Crippen LogP contribution in [-0.2, 0) is 4.79 Å². The second-order valence-electron chi connectivity index (χ2n) is 9.20. The molecule has 1 N–H and O–H groups in total. The number of benzene rings is 1. The molecule has 28 heavy (non-hydrogen) atoms. The van der Waals surface area contributed by atoms with E-state index in [2.05, 4.69) is 4.90 Å². The molecule has 7 heteroatoms. The van der Waals surface area contributed by atoms with E-state index in [9.17, 15) is 14.7 Å². The quantitative estimate of drug-likeness (QED) is 0.815. The van der Waals surface area contributed by atoms with Crippen molar-refractivity contribution in [3.8, 4) is 0 Å². The average Bonchev–Trinajstić information content (AvgIpc) is 2.66. The van der Waals surface area contributed by atoms with Gasteiger partial charge in [0.05, 0.1) is 12.1 Å². The van der Waals surface area contributed by atoms with Crippen molar-refractivity contribution in [1.29, 1.82) is 0 Å². The topological polar surface area (TPSA) is 64.1 Å². The molecule has 154 valence electrons. The maximum absolute atomic E-state index is 13.1. The second-order valence-corrected chi connectivity index (χ2v) is 9.63. The van der Waals surface area contributed by atoms with Crippen LogP contribution >= 0.6 is 11.6 Å². The summed E-state index contributed by atoms with van der Waals surface area (Å²) in [6.07, 6.45) is 0. The summed E-state index contributed by atoms with van der Waals surface area (Å²) < 4.78 is 0.